The highest BCUT2D eigenvalue weighted by molar-refractivity contribution is 7.80. The molecule has 2 rings (SSSR count). The summed E-state index contributed by atoms with van der Waals surface area (Å²) in [6.45, 7) is 1.90. The van der Waals surface area contributed by atoms with Crippen LogP contribution in [0.25, 0.3) is 0 Å². The van der Waals surface area contributed by atoms with Crippen molar-refractivity contribution in [3.63, 3.8) is 0 Å². The normalized spacial score (nSPS) is 10.2. The van der Waals surface area contributed by atoms with E-state index in [1.165, 1.54) is 0 Å². The van der Waals surface area contributed by atoms with E-state index in [2.05, 4.69) is 10.6 Å². The van der Waals surface area contributed by atoms with Gasteiger partial charge in [-0.1, -0.05) is 29.3 Å². The van der Waals surface area contributed by atoms with E-state index in [1.807, 2.05) is 13.0 Å². The number of thiocarbonyl (C=S) groups is 1. The van der Waals surface area contributed by atoms with Crippen molar-refractivity contribution in [1.82, 2.24) is 0 Å². The Kier molecular flexibility index (Phi) is 4.70. The fourth-order valence-electron chi connectivity index (χ4n) is 1.61. The molecule has 3 nitrogen and oxygen atoms in total. The molecule has 0 fully saturated rings. The third-order valence-electron chi connectivity index (χ3n) is 2.58. The molecule has 0 radical (unpaired) electrons. The molecule has 0 aliphatic heterocycles. The Morgan fingerprint density at radius 1 is 1.05 bits per heavy atom. The third kappa shape index (κ3) is 3.76. The van der Waals surface area contributed by atoms with Gasteiger partial charge in [0.15, 0.2) is 5.11 Å². The molecule has 0 aromatic heterocycles. The van der Waals surface area contributed by atoms with Gasteiger partial charge in [0.1, 0.15) is 5.75 Å². The highest BCUT2D eigenvalue weighted by atomic mass is 35.5. The summed E-state index contributed by atoms with van der Waals surface area (Å²) in [6, 6.07) is 10.4. The van der Waals surface area contributed by atoms with Gasteiger partial charge in [0.25, 0.3) is 0 Å². The van der Waals surface area contributed by atoms with E-state index in [9.17, 15) is 5.11 Å². The Bertz CT molecular complexity index is 662. The van der Waals surface area contributed by atoms with Crippen LogP contribution in [-0.2, 0) is 0 Å². The number of rotatable bonds is 2. The highest BCUT2D eigenvalue weighted by Gasteiger charge is 2.05. The first-order valence-electron chi connectivity index (χ1n) is 5.78. The van der Waals surface area contributed by atoms with E-state index in [0.29, 0.717) is 26.5 Å². The molecule has 20 heavy (non-hydrogen) atoms. The van der Waals surface area contributed by atoms with Crippen LogP contribution in [0, 0.1) is 6.92 Å². The number of nitrogens with one attached hydrogen (secondary N) is 2. The van der Waals surface area contributed by atoms with Gasteiger partial charge in [0, 0.05) is 5.69 Å². The zero-order valence-electron chi connectivity index (χ0n) is 10.6. The van der Waals surface area contributed by atoms with Gasteiger partial charge in [-0.25, -0.2) is 0 Å². The molecule has 0 spiro atoms. The van der Waals surface area contributed by atoms with Crippen LogP contribution >= 0.6 is 35.4 Å². The molecule has 104 valence electrons. The Morgan fingerprint density at radius 2 is 1.80 bits per heavy atom. The van der Waals surface area contributed by atoms with Gasteiger partial charge in [0.2, 0.25) is 0 Å². The molecule has 2 aromatic rings. The molecule has 0 unspecified atom stereocenters. The lowest BCUT2D eigenvalue weighted by Crippen LogP contribution is -2.19. The van der Waals surface area contributed by atoms with Crippen molar-refractivity contribution >= 4 is 51.9 Å². The average Bonchev–Trinajstić information content (AvgIpc) is 2.37. The van der Waals surface area contributed by atoms with Crippen LogP contribution in [0.1, 0.15) is 5.56 Å². The first-order valence-corrected chi connectivity index (χ1v) is 6.95. The van der Waals surface area contributed by atoms with Crippen LogP contribution in [0.15, 0.2) is 36.4 Å². The fraction of sp³-hybridized carbons (Fsp3) is 0.0714. The average molecular weight is 327 g/mol. The van der Waals surface area contributed by atoms with Crippen LogP contribution < -0.4 is 10.6 Å². The maximum atomic E-state index is 9.80. The third-order valence-corrected chi connectivity index (χ3v) is 3.52. The van der Waals surface area contributed by atoms with Crippen molar-refractivity contribution in [2.75, 3.05) is 10.6 Å². The minimum Gasteiger partial charge on any atom is -0.506 e. The maximum absolute atomic E-state index is 9.80. The Hall–Kier alpha value is -1.49. The first kappa shape index (κ1) is 14.9. The summed E-state index contributed by atoms with van der Waals surface area (Å²) >= 11 is 16.9. The zero-order chi connectivity index (χ0) is 14.7. The highest BCUT2D eigenvalue weighted by Crippen LogP contribution is 2.26. The number of benzene rings is 2. The smallest absolute Gasteiger partial charge is 0.175 e. The lowest BCUT2D eigenvalue weighted by atomic mass is 10.2. The molecule has 3 N–H and O–H groups in total. The Balaban J connectivity index is 2.07. The zero-order valence-corrected chi connectivity index (χ0v) is 12.9. The maximum Gasteiger partial charge on any atom is 0.175 e. The predicted octanol–water partition coefficient (Wildman–Crippen LogP) is 4.82. The molecule has 0 bridgehead atoms. The van der Waals surface area contributed by atoms with E-state index in [-0.39, 0.29) is 5.75 Å². The van der Waals surface area contributed by atoms with Crippen molar-refractivity contribution in [2.45, 2.75) is 6.92 Å². The standard InChI is InChI=1S/C14H12Cl2N2OS/c1-8-2-5-12(13(19)6-8)18-14(20)17-9-3-4-10(15)11(16)7-9/h2-7,19H,1H3,(H2,17,18,20). The summed E-state index contributed by atoms with van der Waals surface area (Å²) in [5.41, 5.74) is 2.22. The fourth-order valence-corrected chi connectivity index (χ4v) is 2.13. The van der Waals surface area contributed by atoms with Gasteiger partial charge < -0.3 is 15.7 Å². The van der Waals surface area contributed by atoms with E-state index < -0.39 is 0 Å². The topological polar surface area (TPSA) is 44.3 Å². The summed E-state index contributed by atoms with van der Waals surface area (Å²) in [7, 11) is 0. The van der Waals surface area contributed by atoms with Gasteiger partial charge in [-0.15, -0.1) is 0 Å². The van der Waals surface area contributed by atoms with Crippen molar-refractivity contribution in [2.24, 2.45) is 0 Å². The van der Waals surface area contributed by atoms with Crippen LogP contribution in [0.2, 0.25) is 10.0 Å². The molecule has 0 atom stereocenters. The number of aryl methyl sites for hydroxylation is 1. The number of phenols is 1. The summed E-state index contributed by atoms with van der Waals surface area (Å²) in [4.78, 5) is 0. The second kappa shape index (κ2) is 6.31. The number of hydrogen-bond donors (Lipinski definition) is 3. The lowest BCUT2D eigenvalue weighted by Gasteiger charge is -2.12. The van der Waals surface area contributed by atoms with Crippen molar-refractivity contribution in [1.29, 1.82) is 0 Å². The summed E-state index contributed by atoms with van der Waals surface area (Å²) in [6.07, 6.45) is 0. The quantitative estimate of drug-likeness (QED) is 0.547. The summed E-state index contributed by atoms with van der Waals surface area (Å²) in [5, 5.41) is 16.9. The molecular weight excluding hydrogens is 315 g/mol. The Morgan fingerprint density at radius 3 is 2.45 bits per heavy atom. The molecular formula is C14H12Cl2N2OS. The molecule has 0 aliphatic rings. The predicted molar refractivity (Wildman–Crippen MR) is 89.1 cm³/mol. The molecule has 0 saturated heterocycles. The number of halogens is 2. The van der Waals surface area contributed by atoms with Gasteiger partial charge in [-0.3, -0.25) is 0 Å². The van der Waals surface area contributed by atoms with E-state index in [0.717, 1.165) is 5.56 Å². The monoisotopic (exact) mass is 326 g/mol. The second-order valence-electron chi connectivity index (χ2n) is 4.23. The van der Waals surface area contributed by atoms with Gasteiger partial charge in [-0.2, -0.15) is 0 Å². The van der Waals surface area contributed by atoms with Gasteiger partial charge in [-0.05, 0) is 55.0 Å². The van der Waals surface area contributed by atoms with Crippen LogP contribution in [-0.4, -0.2) is 10.2 Å². The molecule has 0 saturated carbocycles. The first-order chi connectivity index (χ1) is 9.45. The van der Waals surface area contributed by atoms with Crippen LogP contribution in [0.3, 0.4) is 0 Å². The number of aromatic hydroxyl groups is 1. The minimum absolute atomic E-state index is 0.142. The lowest BCUT2D eigenvalue weighted by molar-refractivity contribution is 0.477. The van der Waals surface area contributed by atoms with Crippen LogP contribution in [0.5, 0.6) is 5.75 Å². The van der Waals surface area contributed by atoms with E-state index in [4.69, 9.17) is 35.4 Å². The van der Waals surface area contributed by atoms with Gasteiger partial charge >= 0.3 is 0 Å². The molecule has 0 aliphatic carbocycles. The van der Waals surface area contributed by atoms with E-state index in [1.54, 1.807) is 30.3 Å². The molecule has 6 heteroatoms. The number of anilines is 2. The van der Waals surface area contributed by atoms with Crippen molar-refractivity contribution in [3.8, 4) is 5.75 Å². The van der Waals surface area contributed by atoms with E-state index >= 15 is 0 Å². The number of hydrogen-bond acceptors (Lipinski definition) is 2. The Labute approximate surface area is 132 Å². The van der Waals surface area contributed by atoms with Gasteiger partial charge in [0.05, 0.1) is 15.7 Å². The summed E-state index contributed by atoms with van der Waals surface area (Å²) in [5.74, 6) is 0.142. The largest absolute Gasteiger partial charge is 0.506 e. The van der Waals surface area contributed by atoms with Crippen LogP contribution in [0.4, 0.5) is 11.4 Å². The molecule has 2 aromatic carbocycles. The molecule has 0 amide bonds. The SMILES string of the molecule is Cc1ccc(NC(=S)Nc2ccc(Cl)c(Cl)c2)c(O)c1. The van der Waals surface area contributed by atoms with Crippen molar-refractivity contribution < 1.29 is 5.11 Å². The van der Waals surface area contributed by atoms with Crippen molar-refractivity contribution in [3.05, 3.63) is 52.0 Å². The minimum atomic E-state index is 0.142. The summed E-state index contributed by atoms with van der Waals surface area (Å²) < 4.78 is 0. The molecule has 0 heterocycles. The number of phenolic OH excluding ortho intramolecular Hbond substituents is 1. The second-order valence-corrected chi connectivity index (χ2v) is 5.45.